The number of alkyl halides is 2. The molecule has 0 fully saturated rings. The lowest BCUT2D eigenvalue weighted by atomic mass is 10.0. The van der Waals surface area contributed by atoms with Crippen LogP contribution >= 0.6 is 35.6 Å². The third-order valence-electron chi connectivity index (χ3n) is 5.51. The number of imidazole rings is 1. The number of nitrogens with zero attached hydrogens (tertiary/aromatic N) is 2. The number of halogens is 3. The molecule has 0 radical (unpaired) electrons. The van der Waals surface area contributed by atoms with Crippen LogP contribution in [0.2, 0.25) is 0 Å². The summed E-state index contributed by atoms with van der Waals surface area (Å²) in [7, 11) is 1.26. The molecule has 0 aliphatic carbocycles. The van der Waals surface area contributed by atoms with Crippen LogP contribution in [0.3, 0.4) is 0 Å². The molecule has 0 aliphatic heterocycles. The number of rotatable bonds is 15. The smallest absolute Gasteiger partial charge is 0.328 e. The Morgan fingerprint density at radius 3 is 2.22 bits per heavy atom. The standard InChI is InChI=1S/C25H35Cl2N5O4.ClH/c1-17(2)12-21(24(34)31-22(25(35)36-3)14-19-15-28-16-29-19)30-23(33)13-18-4-6-20(7-5-18)32(10-8-26)11-9-27;/h4-7,15-17,21-22H,8-14H2,1-3H3,(H,28,29)(H,30,33)(H,31,34);1H. The Morgan fingerprint density at radius 1 is 1.05 bits per heavy atom. The molecule has 37 heavy (non-hydrogen) atoms. The van der Waals surface area contributed by atoms with Crippen LogP contribution in [0, 0.1) is 5.92 Å². The first-order valence-electron chi connectivity index (χ1n) is 11.9. The van der Waals surface area contributed by atoms with Gasteiger partial charge in [0.05, 0.1) is 19.9 Å². The summed E-state index contributed by atoms with van der Waals surface area (Å²) in [5.41, 5.74) is 2.46. The highest BCUT2D eigenvalue weighted by Crippen LogP contribution is 2.16. The average Bonchev–Trinajstić information content (AvgIpc) is 3.36. The third kappa shape index (κ3) is 11.2. The van der Waals surface area contributed by atoms with Crippen LogP contribution in [0.15, 0.2) is 36.8 Å². The van der Waals surface area contributed by atoms with Gasteiger partial charge in [-0.25, -0.2) is 9.78 Å². The second kappa shape index (κ2) is 17.1. The lowest BCUT2D eigenvalue weighted by Gasteiger charge is -2.24. The van der Waals surface area contributed by atoms with Crippen molar-refractivity contribution in [1.29, 1.82) is 0 Å². The van der Waals surface area contributed by atoms with Crippen LogP contribution in [0.5, 0.6) is 0 Å². The Hall–Kier alpha value is -2.49. The van der Waals surface area contributed by atoms with Gasteiger partial charge in [-0.2, -0.15) is 0 Å². The summed E-state index contributed by atoms with van der Waals surface area (Å²) >= 11 is 11.8. The van der Waals surface area contributed by atoms with E-state index in [9.17, 15) is 14.4 Å². The number of aromatic amines is 1. The Balaban J connectivity index is 0.00000684. The Kier molecular flexibility index (Phi) is 15.0. The third-order valence-corrected chi connectivity index (χ3v) is 5.85. The first-order valence-corrected chi connectivity index (χ1v) is 12.9. The zero-order valence-electron chi connectivity index (χ0n) is 21.3. The van der Waals surface area contributed by atoms with E-state index in [1.807, 2.05) is 38.1 Å². The van der Waals surface area contributed by atoms with Crippen LogP contribution in [-0.2, 0) is 32.0 Å². The number of carbonyl (C=O) groups excluding carboxylic acids is 3. The summed E-state index contributed by atoms with van der Waals surface area (Å²) in [6, 6.07) is 5.89. The zero-order valence-corrected chi connectivity index (χ0v) is 23.7. The number of hydrogen-bond donors (Lipinski definition) is 3. The van der Waals surface area contributed by atoms with Crippen LogP contribution < -0.4 is 15.5 Å². The normalized spacial score (nSPS) is 12.3. The molecule has 206 valence electrons. The first kappa shape index (κ1) is 32.5. The minimum Gasteiger partial charge on any atom is -0.467 e. The number of carbonyl (C=O) groups is 3. The number of hydrogen-bond acceptors (Lipinski definition) is 6. The molecule has 1 heterocycles. The van der Waals surface area contributed by atoms with E-state index in [1.165, 1.54) is 13.4 Å². The van der Waals surface area contributed by atoms with Crippen LogP contribution in [0.25, 0.3) is 0 Å². The van der Waals surface area contributed by atoms with Crippen molar-refractivity contribution in [2.75, 3.05) is 36.9 Å². The number of amides is 2. The topological polar surface area (TPSA) is 116 Å². The highest BCUT2D eigenvalue weighted by Gasteiger charge is 2.28. The summed E-state index contributed by atoms with van der Waals surface area (Å²) in [6.45, 7) is 5.27. The molecule has 2 unspecified atom stereocenters. The number of nitrogens with one attached hydrogen (secondary N) is 3. The van der Waals surface area contributed by atoms with Gasteiger partial charge in [0.1, 0.15) is 12.1 Å². The van der Waals surface area contributed by atoms with E-state index in [0.29, 0.717) is 37.0 Å². The van der Waals surface area contributed by atoms with E-state index < -0.39 is 24.0 Å². The molecular weight excluding hydrogens is 541 g/mol. The molecule has 0 spiro atoms. The maximum Gasteiger partial charge on any atom is 0.328 e. The van der Waals surface area contributed by atoms with Gasteiger partial charge in [-0.15, -0.1) is 35.6 Å². The van der Waals surface area contributed by atoms with Gasteiger partial charge in [0, 0.05) is 48.8 Å². The van der Waals surface area contributed by atoms with Gasteiger partial charge in [0.25, 0.3) is 0 Å². The van der Waals surface area contributed by atoms with Gasteiger partial charge in [0.15, 0.2) is 0 Å². The van der Waals surface area contributed by atoms with E-state index in [1.54, 1.807) is 6.20 Å². The summed E-state index contributed by atoms with van der Waals surface area (Å²) in [6.07, 6.45) is 3.79. The Labute approximate surface area is 234 Å². The number of benzene rings is 1. The van der Waals surface area contributed by atoms with Gasteiger partial charge in [-0.3, -0.25) is 9.59 Å². The fraction of sp³-hybridized carbons (Fsp3) is 0.520. The summed E-state index contributed by atoms with van der Waals surface area (Å²) < 4.78 is 4.85. The highest BCUT2D eigenvalue weighted by molar-refractivity contribution is 6.18. The number of ether oxygens (including phenoxy) is 1. The lowest BCUT2D eigenvalue weighted by molar-refractivity contribution is -0.145. The molecule has 2 aromatic rings. The molecule has 0 saturated carbocycles. The second-order valence-corrected chi connectivity index (χ2v) is 9.58. The molecule has 0 aliphatic rings. The molecule has 12 heteroatoms. The monoisotopic (exact) mass is 575 g/mol. The molecule has 3 N–H and O–H groups in total. The van der Waals surface area contributed by atoms with E-state index in [0.717, 1.165) is 11.3 Å². The predicted molar refractivity (Wildman–Crippen MR) is 149 cm³/mol. The van der Waals surface area contributed by atoms with Gasteiger partial charge >= 0.3 is 5.97 Å². The summed E-state index contributed by atoms with van der Waals surface area (Å²) in [5, 5.41) is 5.55. The molecule has 2 amide bonds. The van der Waals surface area contributed by atoms with E-state index in [2.05, 4.69) is 25.5 Å². The van der Waals surface area contributed by atoms with E-state index >= 15 is 0 Å². The molecule has 1 aromatic carbocycles. The maximum absolute atomic E-state index is 13.1. The predicted octanol–water partition coefficient (Wildman–Crippen LogP) is 3.09. The number of H-pyrrole nitrogens is 1. The molecule has 2 rings (SSSR count). The largest absolute Gasteiger partial charge is 0.467 e. The van der Waals surface area contributed by atoms with Crippen LogP contribution in [0.1, 0.15) is 31.5 Å². The van der Waals surface area contributed by atoms with E-state index in [4.69, 9.17) is 27.9 Å². The van der Waals surface area contributed by atoms with Crippen molar-refractivity contribution in [2.24, 2.45) is 5.92 Å². The zero-order chi connectivity index (χ0) is 26.5. The van der Waals surface area contributed by atoms with Crippen molar-refractivity contribution in [2.45, 2.75) is 45.2 Å². The molecule has 0 bridgehead atoms. The summed E-state index contributed by atoms with van der Waals surface area (Å²) in [4.78, 5) is 47.1. The molecule has 0 saturated heterocycles. The lowest BCUT2D eigenvalue weighted by Crippen LogP contribution is -2.53. The van der Waals surface area contributed by atoms with Crippen molar-refractivity contribution < 1.29 is 19.1 Å². The molecule has 2 atom stereocenters. The fourth-order valence-electron chi connectivity index (χ4n) is 3.76. The number of aromatic nitrogens is 2. The number of methoxy groups -OCH3 is 1. The Bertz CT molecular complexity index is 952. The number of anilines is 1. The first-order chi connectivity index (χ1) is 17.3. The van der Waals surface area contributed by atoms with Gasteiger partial charge < -0.3 is 25.3 Å². The van der Waals surface area contributed by atoms with Crippen molar-refractivity contribution in [3.05, 3.63) is 48.0 Å². The minimum absolute atomic E-state index is 0. The maximum atomic E-state index is 13.1. The molecular formula is C25H36Cl3N5O4. The Morgan fingerprint density at radius 2 is 1.70 bits per heavy atom. The van der Waals surface area contributed by atoms with Crippen LogP contribution in [-0.4, -0.2) is 71.8 Å². The average molecular weight is 577 g/mol. The highest BCUT2D eigenvalue weighted by atomic mass is 35.5. The minimum atomic E-state index is -0.911. The molecule has 9 nitrogen and oxygen atoms in total. The number of esters is 1. The second-order valence-electron chi connectivity index (χ2n) is 8.82. The SMILES string of the molecule is COC(=O)C(Cc1cnc[nH]1)NC(=O)C(CC(C)C)NC(=O)Cc1ccc(N(CCCl)CCCl)cc1.Cl. The summed E-state index contributed by atoms with van der Waals surface area (Å²) in [5.74, 6) is -0.201. The molecule has 1 aromatic heterocycles. The van der Waals surface area contributed by atoms with Crippen molar-refractivity contribution in [1.82, 2.24) is 20.6 Å². The quantitative estimate of drug-likeness (QED) is 0.222. The van der Waals surface area contributed by atoms with Crippen molar-refractivity contribution in [3.63, 3.8) is 0 Å². The fourth-order valence-corrected chi connectivity index (χ4v) is 4.16. The van der Waals surface area contributed by atoms with E-state index in [-0.39, 0.29) is 37.1 Å². The van der Waals surface area contributed by atoms with Crippen LogP contribution in [0.4, 0.5) is 5.69 Å². The van der Waals surface area contributed by atoms with Gasteiger partial charge in [0.2, 0.25) is 11.8 Å². The van der Waals surface area contributed by atoms with Gasteiger partial charge in [-0.05, 0) is 30.0 Å². The van der Waals surface area contributed by atoms with Crippen molar-refractivity contribution >= 4 is 59.1 Å². The van der Waals surface area contributed by atoms with Crippen molar-refractivity contribution in [3.8, 4) is 0 Å². The van der Waals surface area contributed by atoms with Gasteiger partial charge in [-0.1, -0.05) is 26.0 Å².